The van der Waals surface area contributed by atoms with Crippen molar-refractivity contribution in [3.63, 3.8) is 0 Å². The third-order valence-corrected chi connectivity index (χ3v) is 3.25. The van der Waals surface area contributed by atoms with Gasteiger partial charge in [-0.3, -0.25) is 14.9 Å². The van der Waals surface area contributed by atoms with Crippen molar-refractivity contribution in [3.8, 4) is 0 Å². The maximum absolute atomic E-state index is 12.2. The van der Waals surface area contributed by atoms with Gasteiger partial charge in [0.05, 0.1) is 10.5 Å². The summed E-state index contributed by atoms with van der Waals surface area (Å²) in [6.07, 6.45) is 3.02. The van der Waals surface area contributed by atoms with Gasteiger partial charge in [0.15, 0.2) is 0 Å². The summed E-state index contributed by atoms with van der Waals surface area (Å²) in [6.45, 7) is 2.70. The minimum Gasteiger partial charge on any atom is -0.342 e. The van der Waals surface area contributed by atoms with Crippen LogP contribution in [0.3, 0.4) is 0 Å². The third kappa shape index (κ3) is 3.92. The molecular weight excluding hydrogens is 268 g/mol. The molecule has 19 heavy (non-hydrogen) atoms. The second kappa shape index (κ2) is 7.09. The lowest BCUT2D eigenvalue weighted by molar-refractivity contribution is -0.384. The van der Waals surface area contributed by atoms with E-state index in [1.54, 1.807) is 11.9 Å². The average Bonchev–Trinajstić information content (AvgIpc) is 2.38. The first-order valence-corrected chi connectivity index (χ1v) is 6.55. The molecule has 0 saturated carbocycles. The van der Waals surface area contributed by atoms with Gasteiger partial charge in [-0.15, -0.1) is 0 Å². The minimum atomic E-state index is -0.587. The highest BCUT2D eigenvalue weighted by molar-refractivity contribution is 6.35. The van der Waals surface area contributed by atoms with Crippen molar-refractivity contribution in [1.29, 1.82) is 0 Å². The molecule has 0 aliphatic heterocycles. The van der Waals surface area contributed by atoms with E-state index in [1.165, 1.54) is 18.2 Å². The number of hydrogen-bond donors (Lipinski definition) is 0. The lowest BCUT2D eigenvalue weighted by atomic mass is 10.1. The molecule has 0 saturated heterocycles. The molecule has 1 aromatic carbocycles. The molecule has 0 aliphatic carbocycles. The Balaban J connectivity index is 2.88. The summed E-state index contributed by atoms with van der Waals surface area (Å²) in [5, 5.41) is 10.7. The quantitative estimate of drug-likeness (QED) is 0.456. The molecule has 5 nitrogen and oxygen atoms in total. The second-order valence-corrected chi connectivity index (χ2v) is 4.71. The number of rotatable bonds is 6. The van der Waals surface area contributed by atoms with Crippen LogP contribution in [0.2, 0.25) is 5.02 Å². The highest BCUT2D eigenvalue weighted by atomic mass is 35.5. The van der Waals surface area contributed by atoms with Crippen LogP contribution in [0.15, 0.2) is 18.2 Å². The van der Waals surface area contributed by atoms with Crippen molar-refractivity contribution in [2.75, 3.05) is 13.6 Å². The monoisotopic (exact) mass is 284 g/mol. The first-order valence-electron chi connectivity index (χ1n) is 6.17. The molecule has 0 aromatic heterocycles. The van der Waals surface area contributed by atoms with E-state index < -0.39 is 4.92 Å². The van der Waals surface area contributed by atoms with E-state index >= 15 is 0 Å². The first kappa shape index (κ1) is 15.4. The highest BCUT2D eigenvalue weighted by Crippen LogP contribution is 2.28. The molecule has 0 unspecified atom stereocenters. The molecule has 0 spiro atoms. The Morgan fingerprint density at radius 1 is 1.42 bits per heavy atom. The summed E-state index contributed by atoms with van der Waals surface area (Å²) in [4.78, 5) is 23.9. The Labute approximate surface area is 117 Å². The van der Waals surface area contributed by atoms with Crippen LogP contribution in [-0.4, -0.2) is 29.3 Å². The van der Waals surface area contributed by atoms with Crippen LogP contribution in [0.4, 0.5) is 5.69 Å². The lowest BCUT2D eigenvalue weighted by Crippen LogP contribution is -2.28. The zero-order valence-corrected chi connectivity index (χ0v) is 11.8. The van der Waals surface area contributed by atoms with Crippen molar-refractivity contribution >= 4 is 23.2 Å². The topological polar surface area (TPSA) is 63.5 Å². The fourth-order valence-corrected chi connectivity index (χ4v) is 2.01. The second-order valence-electron chi connectivity index (χ2n) is 4.33. The van der Waals surface area contributed by atoms with E-state index in [9.17, 15) is 14.9 Å². The molecule has 0 heterocycles. The molecule has 0 N–H and O–H groups in total. The van der Waals surface area contributed by atoms with Crippen LogP contribution < -0.4 is 0 Å². The highest BCUT2D eigenvalue weighted by Gasteiger charge is 2.21. The van der Waals surface area contributed by atoms with Crippen LogP contribution in [0.1, 0.15) is 36.5 Å². The van der Waals surface area contributed by atoms with Crippen LogP contribution in [0, 0.1) is 10.1 Å². The van der Waals surface area contributed by atoms with E-state index in [0.29, 0.717) is 6.54 Å². The summed E-state index contributed by atoms with van der Waals surface area (Å²) in [7, 11) is 1.67. The average molecular weight is 285 g/mol. The van der Waals surface area contributed by atoms with Gasteiger partial charge in [-0.1, -0.05) is 37.4 Å². The molecule has 104 valence electrons. The van der Waals surface area contributed by atoms with Crippen LogP contribution in [0.25, 0.3) is 0 Å². The first-order chi connectivity index (χ1) is 8.99. The lowest BCUT2D eigenvalue weighted by Gasteiger charge is -2.17. The van der Waals surface area contributed by atoms with Gasteiger partial charge in [-0.25, -0.2) is 0 Å². The van der Waals surface area contributed by atoms with Crippen LogP contribution in [-0.2, 0) is 0 Å². The third-order valence-electron chi connectivity index (χ3n) is 2.85. The normalized spacial score (nSPS) is 10.3. The summed E-state index contributed by atoms with van der Waals surface area (Å²) < 4.78 is 0. The van der Waals surface area contributed by atoms with Gasteiger partial charge < -0.3 is 4.90 Å². The van der Waals surface area contributed by atoms with Crippen molar-refractivity contribution < 1.29 is 9.72 Å². The molecule has 0 aliphatic rings. The molecule has 1 aromatic rings. The number of halogens is 1. The van der Waals surface area contributed by atoms with Gasteiger partial charge in [0.1, 0.15) is 5.02 Å². The summed E-state index contributed by atoms with van der Waals surface area (Å²) in [6, 6.07) is 4.27. The molecule has 1 rings (SSSR count). The van der Waals surface area contributed by atoms with Gasteiger partial charge in [0, 0.05) is 19.7 Å². The predicted octanol–water partition coefficient (Wildman–Crippen LogP) is 3.51. The number of benzene rings is 1. The van der Waals surface area contributed by atoms with Gasteiger partial charge in [-0.2, -0.15) is 0 Å². The molecule has 0 fully saturated rings. The van der Waals surface area contributed by atoms with Crippen molar-refractivity contribution in [1.82, 2.24) is 4.90 Å². The fraction of sp³-hybridized carbons (Fsp3) is 0.462. The maximum atomic E-state index is 12.2. The van der Waals surface area contributed by atoms with E-state index in [-0.39, 0.29) is 22.2 Å². The number of nitro benzene ring substituents is 1. The number of hydrogen-bond acceptors (Lipinski definition) is 3. The molecular formula is C13H17ClN2O3. The zero-order valence-electron chi connectivity index (χ0n) is 11.1. The van der Waals surface area contributed by atoms with E-state index in [2.05, 4.69) is 6.92 Å². The molecule has 0 bridgehead atoms. The van der Waals surface area contributed by atoms with Gasteiger partial charge in [0.2, 0.25) is 0 Å². The summed E-state index contributed by atoms with van der Waals surface area (Å²) >= 11 is 5.91. The van der Waals surface area contributed by atoms with Crippen molar-refractivity contribution in [2.24, 2.45) is 0 Å². The van der Waals surface area contributed by atoms with Crippen LogP contribution >= 0.6 is 11.6 Å². The molecule has 1 amide bonds. The van der Waals surface area contributed by atoms with Crippen molar-refractivity contribution in [2.45, 2.75) is 26.2 Å². The van der Waals surface area contributed by atoms with E-state index in [0.717, 1.165) is 19.3 Å². The Kier molecular flexibility index (Phi) is 5.76. The largest absolute Gasteiger partial charge is 0.342 e. The predicted molar refractivity (Wildman–Crippen MR) is 74.6 cm³/mol. The smallest absolute Gasteiger partial charge is 0.288 e. The van der Waals surface area contributed by atoms with Crippen LogP contribution in [0.5, 0.6) is 0 Å². The number of amides is 1. The Hall–Kier alpha value is -1.62. The van der Waals surface area contributed by atoms with E-state index in [1.807, 2.05) is 0 Å². The summed E-state index contributed by atoms with van der Waals surface area (Å²) in [5.41, 5.74) is -0.0654. The number of carbonyl (C=O) groups excluding carboxylic acids is 1. The van der Waals surface area contributed by atoms with E-state index in [4.69, 9.17) is 11.6 Å². The SMILES string of the molecule is CCCCCN(C)C(=O)c1cccc([N+](=O)[O-])c1Cl. The zero-order chi connectivity index (χ0) is 14.4. The van der Waals surface area contributed by atoms with Crippen molar-refractivity contribution in [3.05, 3.63) is 38.9 Å². The molecule has 6 heteroatoms. The Morgan fingerprint density at radius 3 is 2.68 bits per heavy atom. The number of nitrogens with zero attached hydrogens (tertiary/aromatic N) is 2. The van der Waals surface area contributed by atoms with Gasteiger partial charge >= 0.3 is 0 Å². The fourth-order valence-electron chi connectivity index (χ4n) is 1.73. The molecule has 0 atom stereocenters. The molecule has 0 radical (unpaired) electrons. The standard InChI is InChI=1S/C13H17ClN2O3/c1-3-4-5-9-15(2)13(17)10-7-6-8-11(12(10)14)16(18)19/h6-8H,3-5,9H2,1-2H3. The minimum absolute atomic E-state index is 0.0974. The number of unbranched alkanes of at least 4 members (excludes halogenated alkanes) is 2. The number of carbonyl (C=O) groups is 1. The maximum Gasteiger partial charge on any atom is 0.288 e. The Bertz CT molecular complexity index is 477. The Morgan fingerprint density at radius 2 is 2.11 bits per heavy atom. The summed E-state index contributed by atoms with van der Waals surface area (Å²) in [5.74, 6) is -0.287. The van der Waals surface area contributed by atoms with Gasteiger partial charge in [-0.05, 0) is 12.5 Å². The van der Waals surface area contributed by atoms with Gasteiger partial charge in [0.25, 0.3) is 11.6 Å². The number of nitro groups is 1.